The number of thiophene rings is 1. The third-order valence-corrected chi connectivity index (χ3v) is 6.28. The third kappa shape index (κ3) is 5.38. The van der Waals surface area contributed by atoms with Crippen LogP contribution in [0.15, 0.2) is 53.4 Å². The van der Waals surface area contributed by atoms with Crippen LogP contribution in [0.2, 0.25) is 0 Å². The maximum absolute atomic E-state index is 12.6. The summed E-state index contributed by atoms with van der Waals surface area (Å²) in [6.07, 6.45) is 2.81. The molecule has 3 aromatic rings. The smallest absolute Gasteiger partial charge is 0.255 e. The van der Waals surface area contributed by atoms with Crippen LogP contribution in [0, 0.1) is 0 Å². The highest BCUT2D eigenvalue weighted by atomic mass is 32.1. The number of ether oxygens (including phenoxy) is 2. The van der Waals surface area contributed by atoms with Gasteiger partial charge in [-0.2, -0.15) is 11.3 Å². The zero-order valence-electron chi connectivity index (χ0n) is 18.4. The van der Waals surface area contributed by atoms with Gasteiger partial charge in [-0.3, -0.25) is 9.69 Å². The van der Waals surface area contributed by atoms with Crippen molar-refractivity contribution in [1.29, 1.82) is 0 Å². The number of rotatable bonds is 7. The molecule has 1 aliphatic rings. The molecule has 0 radical (unpaired) electrons. The Morgan fingerprint density at radius 2 is 1.94 bits per heavy atom. The quantitative estimate of drug-likeness (QED) is 0.582. The van der Waals surface area contributed by atoms with Gasteiger partial charge in [-0.25, -0.2) is 4.98 Å². The molecular formula is C24H28N4O3S. The fraction of sp³-hybridized carbons (Fsp3) is 0.333. The van der Waals surface area contributed by atoms with Crippen LogP contribution in [-0.4, -0.2) is 56.2 Å². The lowest BCUT2D eigenvalue weighted by Gasteiger charge is -2.22. The minimum absolute atomic E-state index is 0.223. The first-order valence-corrected chi connectivity index (χ1v) is 11.6. The minimum atomic E-state index is -0.223. The molecule has 1 N–H and O–H groups in total. The molecule has 1 fully saturated rings. The van der Waals surface area contributed by atoms with Gasteiger partial charge in [0.15, 0.2) is 11.5 Å². The van der Waals surface area contributed by atoms with Crippen LogP contribution in [0.4, 0.5) is 11.5 Å². The summed E-state index contributed by atoms with van der Waals surface area (Å²) in [6.45, 7) is 5.02. The SMILES string of the molecule is COc1ccc(C(=O)Nc2ccc(N3CCCN(Cc4ccsc4)CC3)nc2)cc1OC. The van der Waals surface area contributed by atoms with Crippen LogP contribution in [-0.2, 0) is 6.54 Å². The summed E-state index contributed by atoms with van der Waals surface area (Å²) in [6, 6.07) is 11.2. The molecule has 3 heterocycles. The molecule has 8 heteroatoms. The number of anilines is 2. The Morgan fingerprint density at radius 1 is 1.06 bits per heavy atom. The number of carbonyl (C=O) groups is 1. The molecule has 0 bridgehead atoms. The first-order valence-electron chi connectivity index (χ1n) is 10.6. The van der Waals surface area contributed by atoms with E-state index in [2.05, 4.69) is 36.9 Å². The van der Waals surface area contributed by atoms with Gasteiger partial charge in [0.05, 0.1) is 26.1 Å². The molecule has 32 heavy (non-hydrogen) atoms. The molecule has 1 aliphatic heterocycles. The fourth-order valence-corrected chi connectivity index (χ4v) is 4.49. The van der Waals surface area contributed by atoms with Crippen molar-refractivity contribution in [3.63, 3.8) is 0 Å². The number of carbonyl (C=O) groups excluding carboxylic acids is 1. The lowest BCUT2D eigenvalue weighted by Crippen LogP contribution is -2.30. The van der Waals surface area contributed by atoms with E-state index in [1.165, 1.54) is 5.56 Å². The summed E-state index contributed by atoms with van der Waals surface area (Å²) < 4.78 is 10.5. The molecule has 2 aromatic heterocycles. The fourth-order valence-electron chi connectivity index (χ4n) is 3.83. The topological polar surface area (TPSA) is 66.9 Å². The van der Waals surface area contributed by atoms with E-state index in [0.717, 1.165) is 45.0 Å². The Kier molecular flexibility index (Phi) is 7.24. The number of hydrogen-bond acceptors (Lipinski definition) is 7. The number of benzene rings is 1. The first-order chi connectivity index (χ1) is 15.7. The second-order valence-electron chi connectivity index (χ2n) is 7.68. The number of pyridine rings is 1. The lowest BCUT2D eigenvalue weighted by atomic mass is 10.2. The number of hydrogen-bond donors (Lipinski definition) is 1. The van der Waals surface area contributed by atoms with Gasteiger partial charge in [0, 0.05) is 38.3 Å². The highest BCUT2D eigenvalue weighted by Crippen LogP contribution is 2.28. The molecule has 0 unspecified atom stereocenters. The van der Waals surface area contributed by atoms with Crippen molar-refractivity contribution in [2.75, 3.05) is 50.6 Å². The van der Waals surface area contributed by atoms with Gasteiger partial charge in [-0.15, -0.1) is 0 Å². The summed E-state index contributed by atoms with van der Waals surface area (Å²) in [5.74, 6) is 1.81. The zero-order valence-corrected chi connectivity index (χ0v) is 19.2. The molecule has 0 spiro atoms. The number of aromatic nitrogens is 1. The summed E-state index contributed by atoms with van der Waals surface area (Å²) in [5.41, 5.74) is 2.53. The van der Waals surface area contributed by atoms with Crippen molar-refractivity contribution in [2.45, 2.75) is 13.0 Å². The largest absolute Gasteiger partial charge is 0.493 e. The predicted molar refractivity (Wildman–Crippen MR) is 128 cm³/mol. The second-order valence-corrected chi connectivity index (χ2v) is 8.46. The molecule has 4 rings (SSSR count). The van der Waals surface area contributed by atoms with E-state index in [4.69, 9.17) is 9.47 Å². The van der Waals surface area contributed by atoms with E-state index in [-0.39, 0.29) is 5.91 Å². The van der Waals surface area contributed by atoms with Gasteiger partial charge < -0.3 is 19.7 Å². The van der Waals surface area contributed by atoms with Gasteiger partial charge in [0.2, 0.25) is 0 Å². The molecule has 1 saturated heterocycles. The van der Waals surface area contributed by atoms with Gasteiger partial charge in [0.1, 0.15) is 5.82 Å². The van der Waals surface area contributed by atoms with Crippen molar-refractivity contribution in [3.05, 3.63) is 64.5 Å². The summed E-state index contributed by atoms with van der Waals surface area (Å²) in [5, 5.41) is 7.25. The van der Waals surface area contributed by atoms with Crippen molar-refractivity contribution < 1.29 is 14.3 Å². The monoisotopic (exact) mass is 452 g/mol. The Hall–Kier alpha value is -3.10. The van der Waals surface area contributed by atoms with Crippen molar-refractivity contribution in [3.8, 4) is 11.5 Å². The highest BCUT2D eigenvalue weighted by Gasteiger charge is 2.17. The molecule has 0 saturated carbocycles. The predicted octanol–water partition coefficient (Wildman–Crippen LogP) is 4.12. The Balaban J connectivity index is 1.35. The van der Waals surface area contributed by atoms with E-state index >= 15 is 0 Å². The van der Waals surface area contributed by atoms with E-state index in [9.17, 15) is 4.79 Å². The Morgan fingerprint density at radius 3 is 2.66 bits per heavy atom. The molecule has 0 atom stereocenters. The highest BCUT2D eigenvalue weighted by molar-refractivity contribution is 7.07. The summed E-state index contributed by atoms with van der Waals surface area (Å²) >= 11 is 1.75. The van der Waals surface area contributed by atoms with E-state index in [1.54, 1.807) is 50.0 Å². The summed E-state index contributed by atoms with van der Waals surface area (Å²) in [4.78, 5) is 22.0. The van der Waals surface area contributed by atoms with E-state index in [0.29, 0.717) is 22.7 Å². The van der Waals surface area contributed by atoms with Gasteiger partial charge in [-0.1, -0.05) is 0 Å². The number of nitrogens with zero attached hydrogens (tertiary/aromatic N) is 3. The maximum atomic E-state index is 12.6. The first kappa shape index (κ1) is 22.1. The zero-order chi connectivity index (χ0) is 22.3. The van der Waals surface area contributed by atoms with Crippen LogP contribution in [0.3, 0.4) is 0 Å². The molecule has 1 aromatic carbocycles. The second kappa shape index (κ2) is 10.5. The molecule has 168 valence electrons. The van der Waals surface area contributed by atoms with Crippen LogP contribution in [0.25, 0.3) is 0 Å². The number of methoxy groups -OCH3 is 2. The van der Waals surface area contributed by atoms with Crippen molar-refractivity contribution >= 4 is 28.7 Å². The van der Waals surface area contributed by atoms with Crippen LogP contribution in [0.1, 0.15) is 22.3 Å². The average molecular weight is 453 g/mol. The van der Waals surface area contributed by atoms with Crippen LogP contribution >= 0.6 is 11.3 Å². The minimum Gasteiger partial charge on any atom is -0.493 e. The van der Waals surface area contributed by atoms with Gasteiger partial charge in [0.25, 0.3) is 5.91 Å². The Labute approximate surface area is 192 Å². The average Bonchev–Trinajstić information content (AvgIpc) is 3.23. The maximum Gasteiger partial charge on any atom is 0.255 e. The molecule has 0 aliphatic carbocycles. The van der Waals surface area contributed by atoms with Crippen LogP contribution in [0.5, 0.6) is 11.5 Å². The van der Waals surface area contributed by atoms with E-state index < -0.39 is 0 Å². The van der Waals surface area contributed by atoms with E-state index in [1.807, 2.05) is 12.1 Å². The van der Waals surface area contributed by atoms with Gasteiger partial charge >= 0.3 is 0 Å². The van der Waals surface area contributed by atoms with Gasteiger partial charge in [-0.05, 0) is 59.1 Å². The summed E-state index contributed by atoms with van der Waals surface area (Å²) in [7, 11) is 3.11. The lowest BCUT2D eigenvalue weighted by molar-refractivity contribution is 0.102. The molecule has 7 nitrogen and oxygen atoms in total. The van der Waals surface area contributed by atoms with Crippen molar-refractivity contribution in [1.82, 2.24) is 9.88 Å². The van der Waals surface area contributed by atoms with Crippen molar-refractivity contribution in [2.24, 2.45) is 0 Å². The number of amides is 1. The van der Waals surface area contributed by atoms with Crippen LogP contribution < -0.4 is 19.7 Å². The molecule has 1 amide bonds. The third-order valence-electron chi connectivity index (χ3n) is 5.55. The standard InChI is InChI=1S/C24H28N4O3S/c1-30-21-6-4-19(14-22(21)31-2)24(29)26-20-5-7-23(25-15-20)28-10-3-9-27(11-12-28)16-18-8-13-32-17-18/h4-8,13-15,17H,3,9-12,16H2,1-2H3,(H,26,29). The molecular weight excluding hydrogens is 424 g/mol. The number of nitrogens with one attached hydrogen (secondary N) is 1. The Bertz CT molecular complexity index is 1020. The normalized spacial score (nSPS) is 14.6.